The Morgan fingerprint density at radius 3 is 2.82 bits per heavy atom. The quantitative estimate of drug-likeness (QED) is 0.753. The van der Waals surface area contributed by atoms with Gasteiger partial charge in [-0.25, -0.2) is 4.39 Å². The number of hydrogen-bond acceptors (Lipinski definition) is 4. The van der Waals surface area contributed by atoms with Crippen LogP contribution in [0, 0.1) is 5.82 Å². The largest absolute Gasteiger partial charge is 0.399 e. The molecule has 17 heavy (non-hydrogen) atoms. The van der Waals surface area contributed by atoms with Crippen molar-refractivity contribution < 1.29 is 9.18 Å². The van der Waals surface area contributed by atoms with Crippen LogP contribution in [0.25, 0.3) is 0 Å². The van der Waals surface area contributed by atoms with Gasteiger partial charge in [-0.3, -0.25) is 4.79 Å². The van der Waals surface area contributed by atoms with E-state index in [9.17, 15) is 9.18 Å². The lowest BCUT2D eigenvalue weighted by Gasteiger charge is -2.04. The monoisotopic (exact) mass is 235 g/mol. The molecule has 7 heteroatoms. The molecule has 3 N–H and O–H groups in total. The summed E-state index contributed by atoms with van der Waals surface area (Å²) >= 11 is 0. The molecule has 1 heterocycles. The average molecular weight is 235 g/mol. The Labute approximate surface area is 96.2 Å². The van der Waals surface area contributed by atoms with Crippen LogP contribution in [0.5, 0.6) is 0 Å². The third-order valence-corrected chi connectivity index (χ3v) is 2.01. The van der Waals surface area contributed by atoms with Gasteiger partial charge in [-0.05, 0) is 18.2 Å². The lowest BCUT2D eigenvalue weighted by molar-refractivity contribution is 0.102. The van der Waals surface area contributed by atoms with E-state index in [1.54, 1.807) is 7.05 Å². The molecule has 0 fully saturated rings. The fourth-order valence-corrected chi connectivity index (χ4v) is 1.33. The summed E-state index contributed by atoms with van der Waals surface area (Å²) in [5, 5.41) is 10.1. The Kier molecular flexibility index (Phi) is 2.73. The van der Waals surface area contributed by atoms with E-state index in [1.165, 1.54) is 23.1 Å². The fourth-order valence-electron chi connectivity index (χ4n) is 1.33. The van der Waals surface area contributed by atoms with Gasteiger partial charge in [0.05, 0.1) is 6.20 Å². The first-order valence-corrected chi connectivity index (χ1v) is 4.78. The molecular weight excluding hydrogens is 225 g/mol. The zero-order valence-corrected chi connectivity index (χ0v) is 9.01. The number of nitrogens with zero attached hydrogens (tertiary/aromatic N) is 3. The maximum absolute atomic E-state index is 13.0. The van der Waals surface area contributed by atoms with Crippen molar-refractivity contribution in [2.75, 3.05) is 11.1 Å². The number of amides is 1. The molecule has 1 aromatic carbocycles. The normalized spacial score (nSPS) is 10.2. The molecule has 0 aliphatic heterocycles. The second-order valence-electron chi connectivity index (χ2n) is 3.45. The Morgan fingerprint density at radius 1 is 1.47 bits per heavy atom. The van der Waals surface area contributed by atoms with Crippen LogP contribution in [0.4, 0.5) is 15.8 Å². The minimum absolute atomic E-state index is 0.148. The summed E-state index contributed by atoms with van der Waals surface area (Å²) in [6, 6.07) is 3.79. The molecule has 0 saturated heterocycles. The van der Waals surface area contributed by atoms with Crippen LogP contribution >= 0.6 is 0 Å². The first-order chi connectivity index (χ1) is 8.04. The number of halogens is 1. The molecule has 2 aromatic rings. The Morgan fingerprint density at radius 2 is 2.24 bits per heavy atom. The highest BCUT2D eigenvalue weighted by Crippen LogP contribution is 2.15. The number of hydrogen-bond donors (Lipinski definition) is 2. The molecule has 6 nitrogen and oxygen atoms in total. The lowest BCUT2D eigenvalue weighted by Crippen LogP contribution is -2.13. The van der Waals surface area contributed by atoms with E-state index in [2.05, 4.69) is 15.5 Å². The van der Waals surface area contributed by atoms with Crippen molar-refractivity contribution in [1.82, 2.24) is 15.0 Å². The SMILES string of the molecule is Cn1ncc(C(=O)Nc2cc(N)cc(F)c2)n1. The molecule has 0 aliphatic rings. The predicted octanol–water partition coefficient (Wildman–Crippen LogP) is 0.789. The number of nitrogen functional groups attached to an aromatic ring is 1. The molecule has 2 rings (SSSR count). The third-order valence-electron chi connectivity index (χ3n) is 2.01. The van der Waals surface area contributed by atoms with Crippen molar-refractivity contribution in [2.24, 2.45) is 7.05 Å². The number of nitrogens with two attached hydrogens (primary N) is 1. The lowest BCUT2D eigenvalue weighted by atomic mass is 10.2. The standard InChI is InChI=1S/C10H10FN5O/c1-16-13-5-9(15-16)10(17)14-8-3-6(11)2-7(12)4-8/h2-5H,12H2,1H3,(H,14,17). The fraction of sp³-hybridized carbons (Fsp3) is 0.100. The number of aromatic nitrogens is 3. The number of carbonyl (C=O) groups excluding carboxylic acids is 1. The van der Waals surface area contributed by atoms with Crippen LogP contribution in [0.1, 0.15) is 10.5 Å². The number of nitrogens with one attached hydrogen (secondary N) is 1. The van der Waals surface area contributed by atoms with Gasteiger partial charge < -0.3 is 11.1 Å². The predicted molar refractivity (Wildman–Crippen MR) is 59.8 cm³/mol. The van der Waals surface area contributed by atoms with Gasteiger partial charge in [-0.1, -0.05) is 0 Å². The van der Waals surface area contributed by atoms with E-state index in [1.807, 2.05) is 0 Å². The first-order valence-electron chi connectivity index (χ1n) is 4.78. The summed E-state index contributed by atoms with van der Waals surface area (Å²) < 4.78 is 13.0. The summed E-state index contributed by atoms with van der Waals surface area (Å²) in [4.78, 5) is 12.9. The van der Waals surface area contributed by atoms with Crippen LogP contribution in [0.2, 0.25) is 0 Å². The second kappa shape index (κ2) is 4.20. The van der Waals surface area contributed by atoms with Gasteiger partial charge in [0.1, 0.15) is 5.82 Å². The Balaban J connectivity index is 2.18. The van der Waals surface area contributed by atoms with Gasteiger partial charge in [0, 0.05) is 18.4 Å². The van der Waals surface area contributed by atoms with E-state index in [-0.39, 0.29) is 17.1 Å². The van der Waals surface area contributed by atoms with Gasteiger partial charge in [0.25, 0.3) is 5.91 Å². The van der Waals surface area contributed by atoms with Crippen LogP contribution in [-0.4, -0.2) is 20.9 Å². The zero-order valence-electron chi connectivity index (χ0n) is 9.01. The molecule has 0 unspecified atom stereocenters. The molecule has 1 aromatic heterocycles. The number of anilines is 2. The molecule has 0 radical (unpaired) electrons. The smallest absolute Gasteiger partial charge is 0.277 e. The van der Waals surface area contributed by atoms with Gasteiger partial charge in [0.2, 0.25) is 0 Å². The maximum atomic E-state index is 13.0. The molecule has 0 bridgehead atoms. The van der Waals surface area contributed by atoms with E-state index < -0.39 is 11.7 Å². The maximum Gasteiger partial charge on any atom is 0.277 e. The van der Waals surface area contributed by atoms with Gasteiger partial charge in [0.15, 0.2) is 5.69 Å². The van der Waals surface area contributed by atoms with E-state index in [0.717, 1.165) is 6.07 Å². The van der Waals surface area contributed by atoms with Crippen LogP contribution in [0.3, 0.4) is 0 Å². The molecule has 88 valence electrons. The summed E-state index contributed by atoms with van der Waals surface area (Å²) in [5.41, 5.74) is 6.11. The van der Waals surface area contributed by atoms with Crippen molar-refractivity contribution >= 4 is 17.3 Å². The summed E-state index contributed by atoms with van der Waals surface area (Å²) in [5.74, 6) is -0.984. The van der Waals surface area contributed by atoms with E-state index >= 15 is 0 Å². The molecule has 0 saturated carbocycles. The van der Waals surface area contributed by atoms with Crippen molar-refractivity contribution in [2.45, 2.75) is 0 Å². The Bertz CT molecular complexity index is 545. The number of benzene rings is 1. The van der Waals surface area contributed by atoms with Crippen molar-refractivity contribution in [3.63, 3.8) is 0 Å². The van der Waals surface area contributed by atoms with Crippen LogP contribution in [0.15, 0.2) is 24.4 Å². The zero-order chi connectivity index (χ0) is 12.4. The number of carbonyl (C=O) groups is 1. The van der Waals surface area contributed by atoms with Gasteiger partial charge in [-0.15, -0.1) is 5.10 Å². The van der Waals surface area contributed by atoms with Gasteiger partial charge >= 0.3 is 0 Å². The summed E-state index contributed by atoms with van der Waals surface area (Å²) in [7, 11) is 1.59. The number of aryl methyl sites for hydroxylation is 1. The molecular formula is C10H10FN5O. The third kappa shape index (κ3) is 2.57. The Hall–Kier alpha value is -2.44. The average Bonchev–Trinajstić information content (AvgIpc) is 2.63. The van der Waals surface area contributed by atoms with Gasteiger partial charge in [-0.2, -0.15) is 9.90 Å². The highest BCUT2D eigenvalue weighted by atomic mass is 19.1. The molecule has 1 amide bonds. The second-order valence-corrected chi connectivity index (χ2v) is 3.45. The van der Waals surface area contributed by atoms with Crippen molar-refractivity contribution in [3.8, 4) is 0 Å². The van der Waals surface area contributed by atoms with E-state index in [0.29, 0.717) is 0 Å². The number of rotatable bonds is 2. The highest BCUT2D eigenvalue weighted by molar-refractivity contribution is 6.02. The summed E-state index contributed by atoms with van der Waals surface area (Å²) in [6.07, 6.45) is 1.32. The minimum atomic E-state index is -0.514. The summed E-state index contributed by atoms with van der Waals surface area (Å²) in [6.45, 7) is 0. The first kappa shape index (κ1) is 11.1. The van der Waals surface area contributed by atoms with Crippen LogP contribution in [-0.2, 0) is 7.05 Å². The molecule has 0 spiro atoms. The topological polar surface area (TPSA) is 85.8 Å². The molecule has 0 aliphatic carbocycles. The molecule has 0 atom stereocenters. The van der Waals surface area contributed by atoms with Crippen LogP contribution < -0.4 is 11.1 Å². The van der Waals surface area contributed by atoms with Crippen molar-refractivity contribution in [3.05, 3.63) is 35.9 Å². The minimum Gasteiger partial charge on any atom is -0.399 e. The van der Waals surface area contributed by atoms with Crippen molar-refractivity contribution in [1.29, 1.82) is 0 Å². The highest BCUT2D eigenvalue weighted by Gasteiger charge is 2.10. The van der Waals surface area contributed by atoms with E-state index in [4.69, 9.17) is 5.73 Å².